The first kappa shape index (κ1) is 17.4. The summed E-state index contributed by atoms with van der Waals surface area (Å²) < 4.78 is 1.79. The van der Waals surface area contributed by atoms with E-state index in [0.717, 1.165) is 22.8 Å². The zero-order chi connectivity index (χ0) is 18.4. The molecule has 0 fully saturated rings. The van der Waals surface area contributed by atoms with E-state index < -0.39 is 0 Å². The van der Waals surface area contributed by atoms with Gasteiger partial charge in [-0.05, 0) is 43.7 Å². The summed E-state index contributed by atoms with van der Waals surface area (Å²) in [5.41, 5.74) is 9.73. The fourth-order valence-corrected chi connectivity index (χ4v) is 2.47. The summed E-state index contributed by atoms with van der Waals surface area (Å²) in [6.07, 6.45) is 5.51. The molecule has 3 rings (SSSR count). The van der Waals surface area contributed by atoms with Gasteiger partial charge in [0, 0.05) is 17.5 Å². The summed E-state index contributed by atoms with van der Waals surface area (Å²) in [7, 11) is 0. The molecule has 6 heteroatoms. The molecule has 1 aromatic carbocycles. The number of benzene rings is 1. The van der Waals surface area contributed by atoms with Gasteiger partial charge >= 0.3 is 0 Å². The van der Waals surface area contributed by atoms with E-state index in [4.69, 9.17) is 10.6 Å². The zero-order valence-corrected chi connectivity index (χ0v) is 14.8. The number of hydrogen-bond acceptors (Lipinski definition) is 4. The van der Waals surface area contributed by atoms with Crippen molar-refractivity contribution in [3.05, 3.63) is 83.3 Å². The molecular formula is C20H21N5O. The van der Waals surface area contributed by atoms with E-state index in [-0.39, 0.29) is 5.84 Å². The van der Waals surface area contributed by atoms with Crippen molar-refractivity contribution in [3.63, 3.8) is 0 Å². The summed E-state index contributed by atoms with van der Waals surface area (Å²) in [5.74, 6) is 1.02. The van der Waals surface area contributed by atoms with E-state index in [0.29, 0.717) is 12.2 Å². The lowest BCUT2D eigenvalue weighted by Crippen LogP contribution is -2.15. The fourth-order valence-electron chi connectivity index (χ4n) is 2.47. The Morgan fingerprint density at radius 2 is 2.00 bits per heavy atom. The van der Waals surface area contributed by atoms with Crippen LogP contribution in [0.15, 0.2) is 66.0 Å². The number of pyridine rings is 1. The van der Waals surface area contributed by atoms with Crippen molar-refractivity contribution in [1.29, 1.82) is 0 Å². The number of nitrogens with two attached hydrogens (primary N) is 1. The van der Waals surface area contributed by atoms with Crippen molar-refractivity contribution in [1.82, 2.24) is 14.8 Å². The molecule has 0 atom stereocenters. The Morgan fingerprint density at radius 3 is 2.65 bits per heavy atom. The van der Waals surface area contributed by atoms with E-state index in [1.54, 1.807) is 10.9 Å². The van der Waals surface area contributed by atoms with Crippen molar-refractivity contribution < 1.29 is 4.84 Å². The number of hydrogen-bond donors (Lipinski definition) is 1. The third-order valence-electron chi connectivity index (χ3n) is 3.71. The van der Waals surface area contributed by atoms with Crippen molar-refractivity contribution in [3.8, 4) is 5.82 Å². The molecule has 0 aliphatic heterocycles. The van der Waals surface area contributed by atoms with Gasteiger partial charge in [0.2, 0.25) is 0 Å². The third-order valence-corrected chi connectivity index (χ3v) is 3.71. The van der Waals surface area contributed by atoms with E-state index in [1.807, 2.05) is 74.5 Å². The quantitative estimate of drug-likeness (QED) is 0.321. The van der Waals surface area contributed by atoms with Gasteiger partial charge in [0.15, 0.2) is 11.7 Å². The van der Waals surface area contributed by atoms with Crippen molar-refractivity contribution in [2.75, 3.05) is 6.61 Å². The van der Waals surface area contributed by atoms with Crippen LogP contribution in [-0.4, -0.2) is 27.2 Å². The molecule has 0 saturated heterocycles. The molecule has 26 heavy (non-hydrogen) atoms. The first-order chi connectivity index (χ1) is 12.6. The van der Waals surface area contributed by atoms with Gasteiger partial charge in [-0.25, -0.2) is 9.67 Å². The smallest absolute Gasteiger partial charge is 0.171 e. The Balaban J connectivity index is 1.59. The van der Waals surface area contributed by atoms with Crippen LogP contribution < -0.4 is 5.73 Å². The van der Waals surface area contributed by atoms with Gasteiger partial charge in [-0.1, -0.05) is 41.6 Å². The first-order valence-electron chi connectivity index (χ1n) is 8.30. The monoisotopic (exact) mass is 347 g/mol. The molecule has 0 aliphatic rings. The van der Waals surface area contributed by atoms with Gasteiger partial charge in [-0.3, -0.25) is 0 Å². The molecule has 0 aliphatic carbocycles. The summed E-state index contributed by atoms with van der Waals surface area (Å²) >= 11 is 0. The normalized spacial score (nSPS) is 11.8. The van der Waals surface area contributed by atoms with Crippen LogP contribution >= 0.6 is 0 Å². The van der Waals surface area contributed by atoms with E-state index >= 15 is 0 Å². The fraction of sp³-hybridized carbons (Fsp3) is 0.150. The highest BCUT2D eigenvalue weighted by Crippen LogP contribution is 2.10. The number of amidine groups is 1. The van der Waals surface area contributed by atoms with Crippen LogP contribution in [0, 0.1) is 13.8 Å². The zero-order valence-electron chi connectivity index (χ0n) is 14.8. The second kappa shape index (κ2) is 8.11. The summed E-state index contributed by atoms with van der Waals surface area (Å²) in [6.45, 7) is 4.28. The van der Waals surface area contributed by atoms with Crippen LogP contribution in [0.3, 0.4) is 0 Å². The van der Waals surface area contributed by atoms with Crippen LogP contribution in [0.1, 0.15) is 22.5 Å². The number of rotatable bonds is 6. The van der Waals surface area contributed by atoms with Crippen molar-refractivity contribution in [2.45, 2.75) is 13.8 Å². The predicted octanol–water partition coefficient (Wildman–Crippen LogP) is 3.23. The highest BCUT2D eigenvalue weighted by molar-refractivity contribution is 5.96. The molecule has 0 radical (unpaired) electrons. The van der Waals surface area contributed by atoms with E-state index in [9.17, 15) is 0 Å². The minimum atomic E-state index is 0.283. The molecule has 132 valence electrons. The highest BCUT2D eigenvalue weighted by atomic mass is 16.6. The van der Waals surface area contributed by atoms with Gasteiger partial charge in [-0.15, -0.1) is 0 Å². The van der Waals surface area contributed by atoms with E-state index in [1.165, 1.54) is 0 Å². The summed E-state index contributed by atoms with van der Waals surface area (Å²) in [6, 6.07) is 15.7. The maximum Gasteiger partial charge on any atom is 0.171 e. The average molecular weight is 347 g/mol. The lowest BCUT2D eigenvalue weighted by atomic mass is 10.2. The molecule has 0 amide bonds. The van der Waals surface area contributed by atoms with Crippen LogP contribution in [-0.2, 0) is 4.84 Å². The van der Waals surface area contributed by atoms with Crippen molar-refractivity contribution in [2.24, 2.45) is 10.9 Å². The van der Waals surface area contributed by atoms with Crippen LogP contribution in [0.4, 0.5) is 0 Å². The topological polar surface area (TPSA) is 78.3 Å². The van der Waals surface area contributed by atoms with Crippen LogP contribution in [0.5, 0.6) is 0 Å². The third kappa shape index (κ3) is 4.36. The van der Waals surface area contributed by atoms with Gasteiger partial charge in [-0.2, -0.15) is 5.10 Å². The van der Waals surface area contributed by atoms with Crippen LogP contribution in [0.25, 0.3) is 11.9 Å². The maximum atomic E-state index is 5.95. The Morgan fingerprint density at radius 1 is 1.19 bits per heavy atom. The SMILES string of the molecule is Cc1cc(C)n(-c2ccc(C(N)=NOCC=Cc3ccccc3)cn2)n1. The van der Waals surface area contributed by atoms with Crippen LogP contribution in [0.2, 0.25) is 0 Å². The largest absolute Gasteiger partial charge is 0.390 e. The number of oxime groups is 1. The number of aromatic nitrogens is 3. The Hall–Kier alpha value is -3.41. The van der Waals surface area contributed by atoms with Gasteiger partial charge in [0.25, 0.3) is 0 Å². The second-order valence-electron chi connectivity index (χ2n) is 5.83. The number of nitrogens with zero attached hydrogens (tertiary/aromatic N) is 4. The molecule has 2 N–H and O–H groups in total. The Bertz CT molecular complexity index is 911. The molecule has 0 spiro atoms. The lowest BCUT2D eigenvalue weighted by Gasteiger charge is -2.05. The second-order valence-corrected chi connectivity index (χ2v) is 5.83. The molecule has 0 bridgehead atoms. The average Bonchev–Trinajstić information content (AvgIpc) is 3.00. The highest BCUT2D eigenvalue weighted by Gasteiger charge is 2.06. The molecule has 2 aromatic heterocycles. The standard InChI is InChI=1S/C20H21N5O/c1-15-13-16(2)25(23-15)19-11-10-18(14-22-19)20(21)24-26-12-6-9-17-7-4-3-5-8-17/h3-11,13-14H,12H2,1-2H3,(H2,21,24). The van der Waals surface area contributed by atoms with E-state index in [2.05, 4.69) is 15.2 Å². The van der Waals surface area contributed by atoms with Gasteiger partial charge in [0.1, 0.15) is 6.61 Å². The van der Waals surface area contributed by atoms with Gasteiger partial charge in [0.05, 0.1) is 5.69 Å². The lowest BCUT2D eigenvalue weighted by molar-refractivity contribution is 0.175. The molecule has 2 heterocycles. The van der Waals surface area contributed by atoms with Crippen molar-refractivity contribution >= 4 is 11.9 Å². The Kier molecular flexibility index (Phi) is 5.43. The molecule has 6 nitrogen and oxygen atoms in total. The minimum Gasteiger partial charge on any atom is -0.390 e. The number of aryl methyl sites for hydroxylation is 2. The molecular weight excluding hydrogens is 326 g/mol. The minimum absolute atomic E-state index is 0.283. The summed E-state index contributed by atoms with van der Waals surface area (Å²) in [5, 5.41) is 8.34. The molecule has 0 unspecified atom stereocenters. The predicted molar refractivity (Wildman–Crippen MR) is 103 cm³/mol. The molecule has 0 saturated carbocycles. The Labute approximate surface area is 152 Å². The molecule has 3 aromatic rings. The summed E-state index contributed by atoms with van der Waals surface area (Å²) in [4.78, 5) is 9.64. The first-order valence-corrected chi connectivity index (χ1v) is 8.30. The van der Waals surface area contributed by atoms with Gasteiger partial charge < -0.3 is 10.6 Å². The maximum absolute atomic E-state index is 5.95.